The van der Waals surface area contributed by atoms with E-state index in [1.807, 2.05) is 6.92 Å². The Morgan fingerprint density at radius 1 is 1.12 bits per heavy atom. The summed E-state index contributed by atoms with van der Waals surface area (Å²) in [5.74, 6) is 3.23. The molecule has 0 aromatic heterocycles. The van der Waals surface area contributed by atoms with Crippen LogP contribution in [0.15, 0.2) is 53.6 Å². The summed E-state index contributed by atoms with van der Waals surface area (Å²) < 4.78 is 6.32. The molecule has 0 bridgehead atoms. The zero-order valence-electron chi connectivity index (χ0n) is 19.8. The molecule has 2 nitrogen and oxygen atoms in total. The molecular formula is C30H35NO. The van der Waals surface area contributed by atoms with Gasteiger partial charge in [-0.05, 0) is 103 Å². The predicted octanol–water partition coefficient (Wildman–Crippen LogP) is 7.52. The molecule has 0 heterocycles. The molecule has 166 valence electrons. The third-order valence-corrected chi connectivity index (χ3v) is 8.93. The first-order valence-corrected chi connectivity index (χ1v) is 12.5. The normalized spacial score (nSPS) is 30.0. The van der Waals surface area contributed by atoms with Crippen molar-refractivity contribution in [2.45, 2.75) is 78.2 Å². The van der Waals surface area contributed by atoms with Gasteiger partial charge in [-0.15, -0.1) is 0 Å². The summed E-state index contributed by atoms with van der Waals surface area (Å²) in [5.41, 5.74) is 8.37. The van der Waals surface area contributed by atoms with Crippen LogP contribution in [0.25, 0.3) is 0 Å². The summed E-state index contributed by atoms with van der Waals surface area (Å²) in [5, 5.41) is 9.54. The number of ether oxygens (including phenoxy) is 1. The third kappa shape index (κ3) is 3.47. The Hall–Kier alpha value is -2.53. The standard InChI is InChI=1S/C30H35NO/c1-4-22-16-26-23(17-29(22)32-19-21-8-6-5-7-9-21)10-11-25-24(26)14-15-30(3)27(20(2)18-31)12-13-28(25)30/h5-9,16-17,24-25,28H,4,10-15,19H2,1-3H3/b27-20+/t24-,25+,28-,30+/m0/s1. The zero-order valence-corrected chi connectivity index (χ0v) is 19.8. The lowest BCUT2D eigenvalue weighted by molar-refractivity contribution is 0.0809. The monoisotopic (exact) mass is 425 g/mol. The molecule has 0 aliphatic heterocycles. The van der Waals surface area contributed by atoms with Gasteiger partial charge in [0.25, 0.3) is 0 Å². The average molecular weight is 426 g/mol. The van der Waals surface area contributed by atoms with Gasteiger partial charge in [-0.1, -0.05) is 55.8 Å². The number of allylic oxidation sites excluding steroid dienone is 2. The molecular weight excluding hydrogens is 390 g/mol. The Balaban J connectivity index is 1.42. The zero-order chi connectivity index (χ0) is 22.3. The molecule has 2 saturated carbocycles. The van der Waals surface area contributed by atoms with E-state index >= 15 is 0 Å². The van der Waals surface area contributed by atoms with Crippen LogP contribution in [0.1, 0.15) is 81.0 Å². The van der Waals surface area contributed by atoms with Crippen LogP contribution in [-0.2, 0) is 19.4 Å². The van der Waals surface area contributed by atoms with Crippen LogP contribution >= 0.6 is 0 Å². The maximum atomic E-state index is 9.54. The van der Waals surface area contributed by atoms with Crippen molar-refractivity contribution in [3.63, 3.8) is 0 Å². The van der Waals surface area contributed by atoms with E-state index in [4.69, 9.17) is 4.74 Å². The Morgan fingerprint density at radius 3 is 2.69 bits per heavy atom. The topological polar surface area (TPSA) is 33.0 Å². The van der Waals surface area contributed by atoms with E-state index in [9.17, 15) is 5.26 Å². The van der Waals surface area contributed by atoms with E-state index in [-0.39, 0.29) is 5.41 Å². The highest BCUT2D eigenvalue weighted by Crippen LogP contribution is 2.63. The smallest absolute Gasteiger partial charge is 0.123 e. The summed E-state index contributed by atoms with van der Waals surface area (Å²) in [6, 6.07) is 17.8. The van der Waals surface area contributed by atoms with Gasteiger partial charge in [0.05, 0.1) is 6.07 Å². The highest BCUT2D eigenvalue weighted by molar-refractivity contribution is 5.47. The van der Waals surface area contributed by atoms with E-state index in [2.05, 4.69) is 62.4 Å². The number of fused-ring (bicyclic) bond motifs is 5. The lowest BCUT2D eigenvalue weighted by atomic mass is 9.55. The number of nitrogens with zero attached hydrogens (tertiary/aromatic N) is 1. The molecule has 0 amide bonds. The van der Waals surface area contributed by atoms with Crippen LogP contribution in [0.4, 0.5) is 0 Å². The molecule has 3 aliphatic carbocycles. The maximum Gasteiger partial charge on any atom is 0.123 e. The van der Waals surface area contributed by atoms with Gasteiger partial charge in [-0.2, -0.15) is 5.26 Å². The first kappa shape index (κ1) is 21.3. The molecule has 5 rings (SSSR count). The minimum absolute atomic E-state index is 0.241. The van der Waals surface area contributed by atoms with Gasteiger partial charge in [0, 0.05) is 5.57 Å². The van der Waals surface area contributed by atoms with Gasteiger partial charge in [0.1, 0.15) is 12.4 Å². The molecule has 2 heteroatoms. The fourth-order valence-electron chi connectivity index (χ4n) is 7.29. The first-order valence-electron chi connectivity index (χ1n) is 12.5. The Labute approximate surface area is 193 Å². The summed E-state index contributed by atoms with van der Waals surface area (Å²) in [6.07, 6.45) is 8.31. The van der Waals surface area contributed by atoms with Crippen molar-refractivity contribution in [1.29, 1.82) is 5.26 Å². The highest BCUT2D eigenvalue weighted by Gasteiger charge is 2.53. The average Bonchev–Trinajstić information content (AvgIpc) is 3.19. The van der Waals surface area contributed by atoms with Gasteiger partial charge in [0.2, 0.25) is 0 Å². The van der Waals surface area contributed by atoms with Gasteiger partial charge < -0.3 is 4.74 Å². The van der Waals surface area contributed by atoms with E-state index in [1.165, 1.54) is 47.9 Å². The number of rotatable bonds is 4. The molecule has 0 saturated heterocycles. The summed E-state index contributed by atoms with van der Waals surface area (Å²) >= 11 is 0. The molecule has 0 radical (unpaired) electrons. The number of benzene rings is 2. The molecule has 0 N–H and O–H groups in total. The van der Waals surface area contributed by atoms with Crippen molar-refractivity contribution >= 4 is 0 Å². The number of aryl methyl sites for hydroxylation is 2. The Kier molecular flexibility index (Phi) is 5.62. The second kappa shape index (κ2) is 8.43. The molecule has 3 aliphatic rings. The quantitative estimate of drug-likeness (QED) is 0.474. The third-order valence-electron chi connectivity index (χ3n) is 8.93. The lowest BCUT2D eigenvalue weighted by Crippen LogP contribution is -2.40. The largest absolute Gasteiger partial charge is 0.489 e. The highest BCUT2D eigenvalue weighted by atomic mass is 16.5. The fourth-order valence-corrected chi connectivity index (χ4v) is 7.29. The van der Waals surface area contributed by atoms with E-state index < -0.39 is 0 Å². The van der Waals surface area contributed by atoms with Crippen molar-refractivity contribution in [3.8, 4) is 11.8 Å². The number of nitriles is 1. The Morgan fingerprint density at radius 2 is 1.94 bits per heavy atom. The molecule has 0 unspecified atom stereocenters. The van der Waals surface area contributed by atoms with Crippen LogP contribution in [0, 0.1) is 28.6 Å². The minimum atomic E-state index is 0.241. The number of hydrogen-bond acceptors (Lipinski definition) is 2. The molecule has 32 heavy (non-hydrogen) atoms. The lowest BCUT2D eigenvalue weighted by Gasteiger charge is -2.50. The van der Waals surface area contributed by atoms with Gasteiger partial charge in [-0.3, -0.25) is 0 Å². The predicted molar refractivity (Wildman–Crippen MR) is 130 cm³/mol. The van der Waals surface area contributed by atoms with E-state index in [1.54, 1.807) is 5.56 Å². The summed E-state index contributed by atoms with van der Waals surface area (Å²) in [6.45, 7) is 7.38. The van der Waals surface area contributed by atoms with E-state index in [0.29, 0.717) is 12.5 Å². The maximum absolute atomic E-state index is 9.54. The van der Waals surface area contributed by atoms with Crippen LogP contribution in [-0.4, -0.2) is 0 Å². The van der Waals surface area contributed by atoms with Crippen molar-refractivity contribution in [2.75, 3.05) is 0 Å². The van der Waals surface area contributed by atoms with Crippen molar-refractivity contribution in [2.24, 2.45) is 17.3 Å². The summed E-state index contributed by atoms with van der Waals surface area (Å²) in [7, 11) is 0. The minimum Gasteiger partial charge on any atom is -0.489 e. The molecule has 2 fully saturated rings. The van der Waals surface area contributed by atoms with Crippen molar-refractivity contribution in [1.82, 2.24) is 0 Å². The van der Waals surface area contributed by atoms with Crippen molar-refractivity contribution < 1.29 is 4.74 Å². The summed E-state index contributed by atoms with van der Waals surface area (Å²) in [4.78, 5) is 0. The second-order valence-corrected chi connectivity index (χ2v) is 10.4. The second-order valence-electron chi connectivity index (χ2n) is 10.4. The molecule has 4 atom stereocenters. The van der Waals surface area contributed by atoms with Crippen LogP contribution < -0.4 is 4.74 Å². The molecule has 2 aromatic carbocycles. The van der Waals surface area contributed by atoms with Crippen molar-refractivity contribution in [3.05, 3.63) is 75.9 Å². The SMILES string of the molecule is CCc1cc2c(cc1OCc1ccccc1)CC[C@@H]1[C@@H]2CC[C@]2(C)/C(=C(\C)C#N)CC[C@@H]12. The fraction of sp³-hybridized carbons (Fsp3) is 0.500. The van der Waals surface area contributed by atoms with Gasteiger partial charge in [-0.25, -0.2) is 0 Å². The number of hydrogen-bond donors (Lipinski definition) is 0. The van der Waals surface area contributed by atoms with Crippen LogP contribution in [0.2, 0.25) is 0 Å². The molecule has 0 spiro atoms. The first-order chi connectivity index (χ1) is 15.5. The molecule has 2 aromatic rings. The van der Waals surface area contributed by atoms with E-state index in [0.717, 1.165) is 42.4 Å². The van der Waals surface area contributed by atoms with Gasteiger partial charge in [0.15, 0.2) is 0 Å². The van der Waals surface area contributed by atoms with Crippen LogP contribution in [0.3, 0.4) is 0 Å². The van der Waals surface area contributed by atoms with Crippen LogP contribution in [0.5, 0.6) is 5.75 Å². The van der Waals surface area contributed by atoms with Gasteiger partial charge >= 0.3 is 0 Å². The Bertz CT molecular complexity index is 1080.